The fourth-order valence-corrected chi connectivity index (χ4v) is 3.94. The Bertz CT molecular complexity index is 272. The Morgan fingerprint density at radius 1 is 1.22 bits per heavy atom. The van der Waals surface area contributed by atoms with Crippen molar-refractivity contribution in [1.29, 1.82) is 0 Å². The van der Waals surface area contributed by atoms with Crippen molar-refractivity contribution in [3.8, 4) is 0 Å². The van der Waals surface area contributed by atoms with E-state index in [1.165, 1.54) is 32.1 Å². The van der Waals surface area contributed by atoms with Gasteiger partial charge in [0.2, 0.25) is 0 Å². The summed E-state index contributed by atoms with van der Waals surface area (Å²) in [4.78, 5) is 0. The van der Waals surface area contributed by atoms with E-state index in [0.29, 0.717) is 17.5 Å². The molecule has 0 aromatic heterocycles. The number of hydrogen-bond acceptors (Lipinski definition) is 2. The van der Waals surface area contributed by atoms with Crippen LogP contribution >= 0.6 is 0 Å². The third-order valence-corrected chi connectivity index (χ3v) is 5.17. The van der Waals surface area contributed by atoms with Gasteiger partial charge in [-0.1, -0.05) is 27.2 Å². The molecule has 18 heavy (non-hydrogen) atoms. The second kappa shape index (κ2) is 7.04. The molecule has 108 valence electrons. The van der Waals surface area contributed by atoms with Crippen molar-refractivity contribution < 1.29 is 4.21 Å². The van der Waals surface area contributed by atoms with E-state index in [1.807, 2.05) is 0 Å². The summed E-state index contributed by atoms with van der Waals surface area (Å²) in [5.74, 6) is 1.64. The van der Waals surface area contributed by atoms with Gasteiger partial charge in [0.15, 0.2) is 0 Å². The Labute approximate surface area is 116 Å². The lowest BCUT2D eigenvalue weighted by atomic mass is 9.76. The predicted octanol–water partition coefficient (Wildman–Crippen LogP) is 3.34. The Balaban J connectivity index is 2.40. The first-order valence-corrected chi connectivity index (χ1v) is 9.08. The molecule has 0 amide bonds. The molecule has 0 aromatic carbocycles. The van der Waals surface area contributed by atoms with Gasteiger partial charge >= 0.3 is 0 Å². The van der Waals surface area contributed by atoms with Crippen LogP contribution in [0.5, 0.6) is 0 Å². The maximum atomic E-state index is 11.2. The van der Waals surface area contributed by atoms with Gasteiger partial charge in [-0.15, -0.1) is 0 Å². The van der Waals surface area contributed by atoms with E-state index in [4.69, 9.17) is 0 Å². The van der Waals surface area contributed by atoms with E-state index in [1.54, 1.807) is 6.26 Å². The van der Waals surface area contributed by atoms with Crippen LogP contribution in [0.15, 0.2) is 0 Å². The summed E-state index contributed by atoms with van der Waals surface area (Å²) in [7, 11) is -0.688. The molecule has 4 atom stereocenters. The summed E-state index contributed by atoms with van der Waals surface area (Å²) in [5, 5.41) is 3.67. The first-order chi connectivity index (χ1) is 8.29. The van der Waals surface area contributed by atoms with Crippen LogP contribution < -0.4 is 5.32 Å². The zero-order valence-electron chi connectivity index (χ0n) is 12.8. The van der Waals surface area contributed by atoms with Crippen LogP contribution in [-0.4, -0.2) is 28.3 Å². The number of nitrogens with one attached hydrogen (secondary N) is 1. The average Bonchev–Trinajstić information content (AvgIpc) is 2.40. The molecule has 1 aliphatic rings. The minimum absolute atomic E-state index is 0.382. The summed E-state index contributed by atoms with van der Waals surface area (Å²) < 4.78 is 11.2. The van der Waals surface area contributed by atoms with E-state index < -0.39 is 10.8 Å². The minimum Gasteiger partial charge on any atom is -0.311 e. The summed E-state index contributed by atoms with van der Waals surface area (Å²) in [6.07, 6.45) is 8.40. The van der Waals surface area contributed by atoms with E-state index in [0.717, 1.165) is 11.7 Å². The molecule has 1 fully saturated rings. The molecule has 0 saturated heterocycles. The lowest BCUT2D eigenvalue weighted by Crippen LogP contribution is -2.39. The summed E-state index contributed by atoms with van der Waals surface area (Å²) in [6, 6.07) is 1.02. The number of rotatable bonds is 4. The quantitative estimate of drug-likeness (QED) is 0.796. The third kappa shape index (κ3) is 5.83. The maximum absolute atomic E-state index is 11.2. The lowest BCUT2D eigenvalue weighted by molar-refractivity contribution is 0.213. The summed E-state index contributed by atoms with van der Waals surface area (Å²) in [6.45, 7) is 9.27. The molecule has 1 aliphatic carbocycles. The molecule has 0 aliphatic heterocycles. The van der Waals surface area contributed by atoms with E-state index in [9.17, 15) is 4.21 Å². The molecular formula is C15H31NOS. The van der Waals surface area contributed by atoms with Crippen LogP contribution in [0.1, 0.15) is 59.8 Å². The van der Waals surface area contributed by atoms with Gasteiger partial charge in [-0.3, -0.25) is 4.21 Å². The molecule has 2 nitrogen and oxygen atoms in total. The van der Waals surface area contributed by atoms with Gasteiger partial charge in [-0.2, -0.15) is 0 Å². The summed E-state index contributed by atoms with van der Waals surface area (Å²) in [5.41, 5.74) is 0.450. The van der Waals surface area contributed by atoms with Crippen molar-refractivity contribution in [2.24, 2.45) is 11.3 Å². The Kier molecular flexibility index (Phi) is 6.32. The lowest BCUT2D eigenvalue weighted by Gasteiger charge is -2.30. The van der Waals surface area contributed by atoms with Gasteiger partial charge in [-0.25, -0.2) is 0 Å². The third-order valence-electron chi connectivity index (χ3n) is 4.20. The van der Waals surface area contributed by atoms with Gasteiger partial charge in [0.05, 0.1) is 0 Å². The van der Waals surface area contributed by atoms with Crippen molar-refractivity contribution in [1.82, 2.24) is 5.32 Å². The van der Waals surface area contributed by atoms with Crippen molar-refractivity contribution in [3.63, 3.8) is 0 Å². The highest BCUT2D eigenvalue weighted by atomic mass is 32.2. The zero-order valence-corrected chi connectivity index (χ0v) is 13.6. The predicted molar refractivity (Wildman–Crippen MR) is 81.3 cm³/mol. The first-order valence-electron chi connectivity index (χ1n) is 7.35. The maximum Gasteiger partial charge on any atom is 0.0383 e. The topological polar surface area (TPSA) is 29.1 Å². The standard InChI is InChI=1S/C15H31NOS/c1-12(11-18(5)17)16-14-8-6-7-13(9-10-14)15(2,3)4/h12-14,16H,6-11H2,1-5H3. The van der Waals surface area contributed by atoms with Crippen LogP contribution in [0.3, 0.4) is 0 Å². The van der Waals surface area contributed by atoms with Crippen LogP contribution in [0.25, 0.3) is 0 Å². The average molecular weight is 273 g/mol. The van der Waals surface area contributed by atoms with Crippen LogP contribution in [0.4, 0.5) is 0 Å². The molecule has 0 bridgehead atoms. The largest absolute Gasteiger partial charge is 0.311 e. The SMILES string of the molecule is CC(CS(C)=O)NC1CCCC(C(C)(C)C)CC1. The van der Waals surface area contributed by atoms with Gasteiger partial charge in [0.1, 0.15) is 0 Å². The van der Waals surface area contributed by atoms with Gasteiger partial charge in [-0.05, 0) is 43.9 Å². The molecule has 3 heteroatoms. The normalized spacial score (nSPS) is 29.6. The van der Waals surface area contributed by atoms with Crippen LogP contribution in [0.2, 0.25) is 0 Å². The fraction of sp³-hybridized carbons (Fsp3) is 1.00. The van der Waals surface area contributed by atoms with Gasteiger partial charge in [0.25, 0.3) is 0 Å². The van der Waals surface area contributed by atoms with E-state index >= 15 is 0 Å². The molecule has 0 aromatic rings. The number of hydrogen-bond donors (Lipinski definition) is 1. The van der Waals surface area contributed by atoms with Crippen LogP contribution in [0, 0.1) is 11.3 Å². The first kappa shape index (κ1) is 16.2. The molecule has 1 saturated carbocycles. The molecule has 0 radical (unpaired) electrons. The molecule has 0 spiro atoms. The molecule has 1 rings (SSSR count). The fourth-order valence-electron chi connectivity index (χ4n) is 3.14. The van der Waals surface area contributed by atoms with Crippen molar-refractivity contribution >= 4 is 10.8 Å². The van der Waals surface area contributed by atoms with Crippen molar-refractivity contribution in [2.45, 2.75) is 71.9 Å². The second-order valence-corrected chi connectivity index (χ2v) is 8.56. The van der Waals surface area contributed by atoms with E-state index in [-0.39, 0.29) is 0 Å². The molecule has 1 N–H and O–H groups in total. The molecule has 0 heterocycles. The minimum atomic E-state index is -0.688. The highest BCUT2D eigenvalue weighted by molar-refractivity contribution is 7.84. The van der Waals surface area contributed by atoms with Crippen LogP contribution in [-0.2, 0) is 10.8 Å². The zero-order chi connectivity index (χ0) is 13.8. The van der Waals surface area contributed by atoms with Crippen molar-refractivity contribution in [2.75, 3.05) is 12.0 Å². The Morgan fingerprint density at radius 2 is 1.89 bits per heavy atom. The van der Waals surface area contributed by atoms with Gasteiger partial charge in [0, 0.05) is 34.9 Å². The van der Waals surface area contributed by atoms with Gasteiger partial charge < -0.3 is 5.32 Å². The molecular weight excluding hydrogens is 242 g/mol. The Hall–Kier alpha value is 0.110. The smallest absolute Gasteiger partial charge is 0.0383 e. The highest BCUT2D eigenvalue weighted by Gasteiger charge is 2.28. The summed E-state index contributed by atoms with van der Waals surface area (Å²) >= 11 is 0. The van der Waals surface area contributed by atoms with Crippen molar-refractivity contribution in [3.05, 3.63) is 0 Å². The van der Waals surface area contributed by atoms with E-state index in [2.05, 4.69) is 33.0 Å². The Morgan fingerprint density at radius 3 is 2.44 bits per heavy atom. The highest BCUT2D eigenvalue weighted by Crippen LogP contribution is 2.36. The monoisotopic (exact) mass is 273 g/mol. The second-order valence-electron chi connectivity index (χ2n) is 7.08. The molecule has 4 unspecified atom stereocenters.